The third kappa shape index (κ3) is 4.29. The highest BCUT2D eigenvalue weighted by molar-refractivity contribution is 9.10. The lowest BCUT2D eigenvalue weighted by Crippen LogP contribution is -2.08. The maximum absolute atomic E-state index is 8.79. The van der Waals surface area contributed by atoms with Crippen molar-refractivity contribution in [3.8, 4) is 23.6 Å². The molecule has 0 fully saturated rings. The molecule has 0 unspecified atom stereocenters. The zero-order valence-corrected chi connectivity index (χ0v) is 13.2. The van der Waals surface area contributed by atoms with Crippen molar-refractivity contribution in [1.29, 1.82) is 10.5 Å². The average Bonchev–Trinajstić information content (AvgIpc) is 2.40. The molecule has 0 aromatic heterocycles. The summed E-state index contributed by atoms with van der Waals surface area (Å²) >= 11 is 3.43. The monoisotopic (exact) mass is 334 g/mol. The summed E-state index contributed by atoms with van der Waals surface area (Å²) in [6.07, 6.45) is 1.52. The van der Waals surface area contributed by atoms with E-state index in [1.165, 1.54) is 6.08 Å². The lowest BCUT2D eigenvalue weighted by Gasteiger charge is -2.16. The van der Waals surface area contributed by atoms with E-state index < -0.39 is 0 Å². The van der Waals surface area contributed by atoms with Gasteiger partial charge in [0, 0.05) is 0 Å². The maximum atomic E-state index is 8.79. The summed E-state index contributed by atoms with van der Waals surface area (Å²) in [5.74, 6) is 1.20. The quantitative estimate of drug-likeness (QED) is 0.761. The van der Waals surface area contributed by atoms with Gasteiger partial charge < -0.3 is 9.47 Å². The minimum Gasteiger partial charge on any atom is -0.490 e. The van der Waals surface area contributed by atoms with Gasteiger partial charge in [0.1, 0.15) is 17.7 Å². The van der Waals surface area contributed by atoms with Crippen molar-refractivity contribution in [3.63, 3.8) is 0 Å². The Balaban J connectivity index is 3.30. The third-order valence-corrected chi connectivity index (χ3v) is 2.83. The van der Waals surface area contributed by atoms with Crippen molar-refractivity contribution in [2.45, 2.75) is 26.9 Å². The summed E-state index contributed by atoms with van der Waals surface area (Å²) < 4.78 is 12.0. The van der Waals surface area contributed by atoms with Crippen molar-refractivity contribution in [3.05, 3.63) is 27.7 Å². The highest BCUT2D eigenvalue weighted by Crippen LogP contribution is 2.38. The molecule has 0 saturated heterocycles. The highest BCUT2D eigenvalue weighted by atomic mass is 79.9. The van der Waals surface area contributed by atoms with E-state index in [4.69, 9.17) is 20.0 Å². The molecule has 0 N–H and O–H groups in total. The first-order chi connectivity index (χ1) is 9.51. The molecule has 0 atom stereocenters. The van der Waals surface area contributed by atoms with E-state index in [2.05, 4.69) is 15.9 Å². The van der Waals surface area contributed by atoms with Crippen LogP contribution in [-0.4, -0.2) is 12.7 Å². The number of rotatable bonds is 5. The first-order valence-corrected chi connectivity index (χ1v) is 6.96. The van der Waals surface area contributed by atoms with Crippen LogP contribution in [0.25, 0.3) is 6.08 Å². The second-order valence-corrected chi connectivity index (χ2v) is 5.07. The highest BCUT2D eigenvalue weighted by Gasteiger charge is 2.13. The van der Waals surface area contributed by atoms with Crippen molar-refractivity contribution in [2.24, 2.45) is 0 Å². The van der Waals surface area contributed by atoms with Crippen LogP contribution < -0.4 is 9.47 Å². The van der Waals surface area contributed by atoms with Crippen LogP contribution in [0.3, 0.4) is 0 Å². The summed E-state index contributed by atoms with van der Waals surface area (Å²) in [7, 11) is 0. The molecular formula is C15H15BrN2O2. The molecule has 1 aromatic rings. The molecule has 4 nitrogen and oxygen atoms in total. The van der Waals surface area contributed by atoms with Gasteiger partial charge in [0.15, 0.2) is 11.5 Å². The van der Waals surface area contributed by atoms with Gasteiger partial charge in [-0.15, -0.1) is 0 Å². The van der Waals surface area contributed by atoms with Crippen LogP contribution in [0.1, 0.15) is 26.3 Å². The largest absolute Gasteiger partial charge is 0.490 e. The predicted octanol–water partition coefficient (Wildman–Crippen LogP) is 4.07. The molecule has 0 radical (unpaired) electrons. The smallest absolute Gasteiger partial charge is 0.175 e. The lowest BCUT2D eigenvalue weighted by atomic mass is 10.1. The van der Waals surface area contributed by atoms with Crippen molar-refractivity contribution in [2.75, 3.05) is 6.61 Å². The van der Waals surface area contributed by atoms with Gasteiger partial charge >= 0.3 is 0 Å². The Hall–Kier alpha value is -1.98. The van der Waals surface area contributed by atoms with E-state index in [1.54, 1.807) is 12.1 Å². The number of ether oxygens (including phenoxy) is 2. The Morgan fingerprint density at radius 1 is 1.35 bits per heavy atom. The Kier molecular flexibility index (Phi) is 6.09. The number of nitriles is 2. The van der Waals surface area contributed by atoms with Crippen molar-refractivity contribution >= 4 is 22.0 Å². The number of nitrogens with zero attached hydrogens (tertiary/aromatic N) is 2. The van der Waals surface area contributed by atoms with Crippen LogP contribution in [0.2, 0.25) is 0 Å². The van der Waals surface area contributed by atoms with Crippen LogP contribution in [0, 0.1) is 22.7 Å². The molecule has 0 aliphatic carbocycles. The molecule has 20 heavy (non-hydrogen) atoms. The summed E-state index contributed by atoms with van der Waals surface area (Å²) in [6.45, 7) is 6.24. The number of hydrogen-bond donors (Lipinski definition) is 0. The first kappa shape index (κ1) is 16.1. The molecule has 1 rings (SSSR count). The van der Waals surface area contributed by atoms with Crippen LogP contribution in [-0.2, 0) is 0 Å². The van der Waals surface area contributed by atoms with Gasteiger partial charge in [-0.05, 0) is 60.5 Å². The first-order valence-electron chi connectivity index (χ1n) is 6.16. The molecule has 0 bridgehead atoms. The molecule has 5 heteroatoms. The number of halogens is 1. The molecule has 0 heterocycles. The standard InChI is InChI=1S/C15H15BrN2O2/c1-4-19-14-7-11(5-12(8-17)9-18)6-13(16)15(14)20-10(2)3/h5-7,10H,4H2,1-3H3. The maximum Gasteiger partial charge on any atom is 0.175 e. The normalized spacial score (nSPS) is 9.55. The SMILES string of the molecule is CCOc1cc(C=C(C#N)C#N)cc(Br)c1OC(C)C. The second kappa shape index (κ2) is 7.57. The van der Waals surface area contributed by atoms with E-state index in [1.807, 2.05) is 32.9 Å². The topological polar surface area (TPSA) is 66.0 Å². The van der Waals surface area contributed by atoms with Crippen molar-refractivity contribution in [1.82, 2.24) is 0 Å². The Bertz CT molecular complexity index is 579. The summed E-state index contributed by atoms with van der Waals surface area (Å²) in [5.41, 5.74) is 0.742. The summed E-state index contributed by atoms with van der Waals surface area (Å²) in [5, 5.41) is 17.6. The lowest BCUT2D eigenvalue weighted by molar-refractivity contribution is 0.222. The number of benzene rings is 1. The summed E-state index contributed by atoms with van der Waals surface area (Å²) in [4.78, 5) is 0. The minimum absolute atomic E-state index is 0.0145. The van der Waals surface area contributed by atoms with Crippen LogP contribution in [0.5, 0.6) is 11.5 Å². The molecule has 0 saturated carbocycles. The Morgan fingerprint density at radius 3 is 2.50 bits per heavy atom. The van der Waals surface area contributed by atoms with Crippen LogP contribution in [0.15, 0.2) is 22.2 Å². The van der Waals surface area contributed by atoms with Crippen LogP contribution in [0.4, 0.5) is 0 Å². The molecule has 0 amide bonds. The van der Waals surface area contributed by atoms with E-state index in [9.17, 15) is 0 Å². The zero-order chi connectivity index (χ0) is 15.1. The second-order valence-electron chi connectivity index (χ2n) is 4.21. The van der Waals surface area contributed by atoms with Gasteiger partial charge in [-0.3, -0.25) is 0 Å². The fraction of sp³-hybridized carbons (Fsp3) is 0.333. The Labute approximate surface area is 127 Å². The minimum atomic E-state index is 0.0145. The molecular weight excluding hydrogens is 320 g/mol. The fourth-order valence-corrected chi connectivity index (χ4v) is 2.09. The molecule has 0 aliphatic heterocycles. The molecule has 0 spiro atoms. The molecule has 0 aliphatic rings. The third-order valence-electron chi connectivity index (χ3n) is 2.24. The number of allylic oxidation sites excluding steroid dienone is 1. The van der Waals surface area contributed by atoms with Gasteiger partial charge in [0.25, 0.3) is 0 Å². The van der Waals surface area contributed by atoms with E-state index >= 15 is 0 Å². The van der Waals surface area contributed by atoms with Gasteiger partial charge in [-0.25, -0.2) is 0 Å². The predicted molar refractivity (Wildman–Crippen MR) is 80.3 cm³/mol. The van der Waals surface area contributed by atoms with E-state index in [-0.39, 0.29) is 11.7 Å². The average molecular weight is 335 g/mol. The van der Waals surface area contributed by atoms with Gasteiger partial charge in [-0.2, -0.15) is 10.5 Å². The van der Waals surface area contributed by atoms with E-state index in [0.717, 1.165) is 4.47 Å². The van der Waals surface area contributed by atoms with Gasteiger partial charge in [0.05, 0.1) is 17.2 Å². The van der Waals surface area contributed by atoms with Gasteiger partial charge in [0.2, 0.25) is 0 Å². The zero-order valence-electron chi connectivity index (χ0n) is 11.6. The summed E-state index contributed by atoms with van der Waals surface area (Å²) in [6, 6.07) is 7.20. The van der Waals surface area contributed by atoms with Gasteiger partial charge in [-0.1, -0.05) is 0 Å². The van der Waals surface area contributed by atoms with Crippen LogP contribution >= 0.6 is 15.9 Å². The molecule has 104 valence electrons. The van der Waals surface area contributed by atoms with Crippen molar-refractivity contribution < 1.29 is 9.47 Å². The number of hydrogen-bond acceptors (Lipinski definition) is 4. The molecule has 1 aromatic carbocycles. The Morgan fingerprint density at radius 2 is 2.00 bits per heavy atom. The fourth-order valence-electron chi connectivity index (χ4n) is 1.54. The van der Waals surface area contributed by atoms with E-state index in [0.29, 0.717) is 23.7 Å².